The summed E-state index contributed by atoms with van der Waals surface area (Å²) in [4.78, 5) is 12.5. The molecule has 0 spiro atoms. The molecule has 4 aliphatic rings. The molecule has 0 radical (unpaired) electrons. The molecule has 6 rings (SSSR count). The van der Waals surface area contributed by atoms with Crippen LogP contribution in [-0.4, -0.2) is 16.1 Å². The van der Waals surface area contributed by atoms with E-state index in [9.17, 15) is 4.79 Å². The van der Waals surface area contributed by atoms with E-state index in [2.05, 4.69) is 15.5 Å². The van der Waals surface area contributed by atoms with Gasteiger partial charge in [-0.25, -0.2) is 0 Å². The predicted octanol–water partition coefficient (Wildman–Crippen LogP) is 5.57. The van der Waals surface area contributed by atoms with Crippen LogP contribution in [0.3, 0.4) is 0 Å². The van der Waals surface area contributed by atoms with Gasteiger partial charge >= 0.3 is 0 Å². The van der Waals surface area contributed by atoms with E-state index in [0.29, 0.717) is 20.7 Å². The van der Waals surface area contributed by atoms with Crippen molar-refractivity contribution in [1.29, 1.82) is 0 Å². The molecular weight excluding hydrogens is 389 g/mol. The van der Waals surface area contributed by atoms with Gasteiger partial charge in [-0.05, 0) is 74.5 Å². The van der Waals surface area contributed by atoms with Gasteiger partial charge < -0.3 is 0 Å². The molecule has 136 valence electrons. The Bertz CT molecular complexity index is 826. The summed E-state index contributed by atoms with van der Waals surface area (Å²) in [5, 5.41) is 14.1. The van der Waals surface area contributed by atoms with E-state index < -0.39 is 0 Å². The van der Waals surface area contributed by atoms with Crippen LogP contribution < -0.4 is 5.32 Å². The van der Waals surface area contributed by atoms with Crippen LogP contribution in [0, 0.1) is 17.8 Å². The van der Waals surface area contributed by atoms with Crippen LogP contribution in [0.4, 0.5) is 5.13 Å². The minimum absolute atomic E-state index is 0.203. The van der Waals surface area contributed by atoms with Gasteiger partial charge in [0, 0.05) is 21.0 Å². The van der Waals surface area contributed by atoms with Crippen molar-refractivity contribution in [3.63, 3.8) is 0 Å². The third kappa shape index (κ3) is 2.94. The van der Waals surface area contributed by atoms with E-state index in [1.165, 1.54) is 49.9 Å². The van der Waals surface area contributed by atoms with Gasteiger partial charge in [-0.1, -0.05) is 34.5 Å². The Morgan fingerprint density at radius 1 is 1.00 bits per heavy atom. The molecule has 4 nitrogen and oxygen atoms in total. The molecule has 1 N–H and O–H groups in total. The summed E-state index contributed by atoms with van der Waals surface area (Å²) >= 11 is 13.5. The van der Waals surface area contributed by atoms with Gasteiger partial charge in [0.15, 0.2) is 0 Å². The summed E-state index contributed by atoms with van der Waals surface area (Å²) in [5.74, 6) is 2.31. The third-order valence-corrected chi connectivity index (χ3v) is 7.78. The summed E-state index contributed by atoms with van der Waals surface area (Å²) in [6, 6.07) is 4.81. The number of halogens is 2. The first-order valence-corrected chi connectivity index (χ1v) is 10.7. The second-order valence-electron chi connectivity index (χ2n) is 8.22. The first kappa shape index (κ1) is 17.0. The monoisotopic (exact) mass is 407 g/mol. The molecule has 0 unspecified atom stereocenters. The Morgan fingerprint density at radius 3 is 2.15 bits per heavy atom. The molecular formula is C19H19Cl2N3OS. The number of carbonyl (C=O) groups is 1. The van der Waals surface area contributed by atoms with Crippen LogP contribution in [0.5, 0.6) is 0 Å². The van der Waals surface area contributed by atoms with E-state index in [4.69, 9.17) is 23.2 Å². The molecule has 1 amide bonds. The number of nitrogens with zero attached hydrogens (tertiary/aromatic N) is 2. The largest absolute Gasteiger partial charge is 0.296 e. The Hall–Kier alpha value is -1.17. The fraction of sp³-hybridized carbons (Fsp3) is 0.526. The number of amides is 1. The Kier molecular flexibility index (Phi) is 4.03. The number of benzene rings is 1. The van der Waals surface area contributed by atoms with Gasteiger partial charge in [-0.15, -0.1) is 10.2 Å². The SMILES string of the molecule is O=C(Nc1nnc(C23CC4CC(CC(C4)C2)C3)s1)c1cc(Cl)cc(Cl)c1. The van der Waals surface area contributed by atoms with Gasteiger partial charge in [-0.2, -0.15) is 0 Å². The van der Waals surface area contributed by atoms with Crippen molar-refractivity contribution in [2.75, 3.05) is 5.32 Å². The lowest BCUT2D eigenvalue weighted by atomic mass is 9.50. The molecule has 4 bridgehead atoms. The van der Waals surface area contributed by atoms with Gasteiger partial charge in [0.25, 0.3) is 5.91 Å². The first-order chi connectivity index (χ1) is 12.5. The summed E-state index contributed by atoms with van der Waals surface area (Å²) in [6.45, 7) is 0. The Balaban J connectivity index is 1.37. The number of anilines is 1. The zero-order valence-corrected chi connectivity index (χ0v) is 16.5. The molecule has 1 heterocycles. The molecule has 1 aromatic heterocycles. The van der Waals surface area contributed by atoms with Gasteiger partial charge in [0.1, 0.15) is 5.01 Å². The van der Waals surface area contributed by atoms with Crippen molar-refractivity contribution in [2.45, 2.75) is 43.9 Å². The molecule has 26 heavy (non-hydrogen) atoms. The molecule has 0 aliphatic heterocycles. The topological polar surface area (TPSA) is 54.9 Å². The van der Waals surface area contributed by atoms with E-state index in [0.717, 1.165) is 22.8 Å². The zero-order chi connectivity index (χ0) is 17.9. The highest BCUT2D eigenvalue weighted by molar-refractivity contribution is 7.15. The summed E-state index contributed by atoms with van der Waals surface area (Å²) in [7, 11) is 0. The smallest absolute Gasteiger partial charge is 0.257 e. The average molecular weight is 408 g/mol. The lowest BCUT2D eigenvalue weighted by Crippen LogP contribution is -2.48. The maximum Gasteiger partial charge on any atom is 0.257 e. The fourth-order valence-corrected chi connectivity index (χ4v) is 7.20. The number of rotatable bonds is 3. The third-order valence-electron chi connectivity index (χ3n) is 6.26. The average Bonchev–Trinajstić information content (AvgIpc) is 3.02. The minimum atomic E-state index is -0.261. The number of hydrogen-bond acceptors (Lipinski definition) is 4. The van der Waals surface area contributed by atoms with E-state index in [1.54, 1.807) is 18.2 Å². The molecule has 7 heteroatoms. The highest BCUT2D eigenvalue weighted by atomic mass is 35.5. The maximum atomic E-state index is 12.5. The normalized spacial score (nSPS) is 32.0. The summed E-state index contributed by atoms with van der Waals surface area (Å²) in [5.41, 5.74) is 0.628. The molecule has 0 saturated heterocycles. The first-order valence-electron chi connectivity index (χ1n) is 9.10. The molecule has 2 aromatic rings. The van der Waals surface area contributed by atoms with Crippen LogP contribution >= 0.6 is 34.5 Å². The van der Waals surface area contributed by atoms with Gasteiger partial charge in [0.2, 0.25) is 5.13 Å². The second kappa shape index (κ2) is 6.18. The van der Waals surface area contributed by atoms with Gasteiger partial charge in [0.05, 0.1) is 0 Å². The maximum absolute atomic E-state index is 12.5. The van der Waals surface area contributed by atoms with Crippen molar-refractivity contribution >= 4 is 45.6 Å². The van der Waals surface area contributed by atoms with E-state index in [1.807, 2.05) is 0 Å². The van der Waals surface area contributed by atoms with Crippen LogP contribution in [0.2, 0.25) is 10.0 Å². The van der Waals surface area contributed by atoms with E-state index in [-0.39, 0.29) is 11.3 Å². The molecule has 0 atom stereocenters. The predicted molar refractivity (Wildman–Crippen MR) is 104 cm³/mol. The molecule has 1 aromatic carbocycles. The highest BCUT2D eigenvalue weighted by Gasteiger charge is 2.53. The standard InChI is InChI=1S/C19H19Cl2N3OS/c20-14-4-13(5-15(21)6-14)16(25)22-18-24-23-17(26-18)19-7-10-1-11(8-19)3-12(2-10)9-19/h4-6,10-12H,1-3,7-9H2,(H,22,24,25). The van der Waals surface area contributed by atoms with Crippen LogP contribution in [0.1, 0.15) is 53.9 Å². The summed E-state index contributed by atoms with van der Waals surface area (Å²) < 4.78 is 0. The number of nitrogens with one attached hydrogen (secondary N) is 1. The highest BCUT2D eigenvalue weighted by Crippen LogP contribution is 2.61. The quantitative estimate of drug-likeness (QED) is 0.723. The summed E-state index contributed by atoms with van der Waals surface area (Å²) in [6.07, 6.45) is 7.92. The van der Waals surface area contributed by atoms with Crippen molar-refractivity contribution < 1.29 is 4.79 Å². The lowest BCUT2D eigenvalue weighted by Gasteiger charge is -2.55. The number of carbonyl (C=O) groups excluding carboxylic acids is 1. The fourth-order valence-electron chi connectivity index (χ4n) is 5.71. The number of hydrogen-bond donors (Lipinski definition) is 1. The van der Waals surface area contributed by atoms with Crippen molar-refractivity contribution in [3.05, 3.63) is 38.8 Å². The second-order valence-corrected chi connectivity index (χ2v) is 10.1. The molecule has 4 aliphatic carbocycles. The van der Waals surface area contributed by atoms with Crippen molar-refractivity contribution in [2.24, 2.45) is 17.8 Å². The molecule has 4 saturated carbocycles. The van der Waals surface area contributed by atoms with Crippen LogP contribution in [-0.2, 0) is 5.41 Å². The van der Waals surface area contributed by atoms with Crippen molar-refractivity contribution in [3.8, 4) is 0 Å². The Labute approximate surface area is 166 Å². The Morgan fingerprint density at radius 2 is 1.58 bits per heavy atom. The zero-order valence-electron chi connectivity index (χ0n) is 14.2. The minimum Gasteiger partial charge on any atom is -0.296 e. The van der Waals surface area contributed by atoms with Crippen LogP contribution in [0.15, 0.2) is 18.2 Å². The lowest BCUT2D eigenvalue weighted by molar-refractivity contribution is -0.00555. The molecule has 4 fully saturated rings. The number of aromatic nitrogens is 2. The van der Waals surface area contributed by atoms with E-state index >= 15 is 0 Å². The van der Waals surface area contributed by atoms with Gasteiger partial charge in [-0.3, -0.25) is 10.1 Å². The van der Waals surface area contributed by atoms with Crippen molar-refractivity contribution in [1.82, 2.24) is 10.2 Å². The van der Waals surface area contributed by atoms with Crippen LogP contribution in [0.25, 0.3) is 0 Å².